The van der Waals surface area contributed by atoms with Gasteiger partial charge in [0.25, 0.3) is 5.91 Å². The van der Waals surface area contributed by atoms with Crippen molar-refractivity contribution in [3.8, 4) is 11.3 Å². The van der Waals surface area contributed by atoms with Crippen LogP contribution in [0.2, 0.25) is 0 Å². The third-order valence-electron chi connectivity index (χ3n) is 7.21. The molecular weight excluding hydrogens is 486 g/mol. The summed E-state index contributed by atoms with van der Waals surface area (Å²) in [6, 6.07) is 5.87. The summed E-state index contributed by atoms with van der Waals surface area (Å²) in [4.78, 5) is 36.7. The molecule has 2 aliphatic rings. The second kappa shape index (κ2) is 9.95. The van der Waals surface area contributed by atoms with E-state index in [1.54, 1.807) is 23.7 Å². The Bertz CT molecular complexity index is 1530. The van der Waals surface area contributed by atoms with Crippen LogP contribution < -0.4 is 10.6 Å². The van der Waals surface area contributed by atoms with Gasteiger partial charge in [-0.25, -0.2) is 9.50 Å². The Morgan fingerprint density at radius 2 is 2.05 bits per heavy atom. The molecule has 12 nitrogen and oxygen atoms in total. The molecule has 0 bridgehead atoms. The zero-order valence-corrected chi connectivity index (χ0v) is 21.3. The zero-order valence-electron chi connectivity index (χ0n) is 21.3. The number of hydrogen-bond acceptors (Lipinski definition) is 8. The molecule has 12 heteroatoms. The molecule has 0 unspecified atom stereocenters. The molecule has 0 aliphatic carbocycles. The second-order valence-electron chi connectivity index (χ2n) is 9.77. The third kappa shape index (κ3) is 4.63. The van der Waals surface area contributed by atoms with Crippen molar-refractivity contribution in [1.29, 1.82) is 0 Å². The highest BCUT2D eigenvalue weighted by Gasteiger charge is 2.23. The molecule has 6 heterocycles. The van der Waals surface area contributed by atoms with E-state index in [1.165, 1.54) is 0 Å². The van der Waals surface area contributed by atoms with Crippen LogP contribution in [0.25, 0.3) is 16.8 Å². The van der Waals surface area contributed by atoms with E-state index < -0.39 is 5.91 Å². The maximum Gasteiger partial charge on any atom is 0.278 e. The van der Waals surface area contributed by atoms with E-state index >= 15 is 0 Å². The van der Waals surface area contributed by atoms with Crippen LogP contribution in [-0.2, 0) is 22.7 Å². The van der Waals surface area contributed by atoms with Gasteiger partial charge in [0, 0.05) is 24.3 Å². The van der Waals surface area contributed by atoms with Crippen molar-refractivity contribution >= 4 is 28.7 Å². The number of aryl methyl sites for hydroxylation is 1. The van der Waals surface area contributed by atoms with Crippen LogP contribution in [0.4, 0.5) is 11.4 Å². The van der Waals surface area contributed by atoms with Gasteiger partial charge in [-0.2, -0.15) is 0 Å². The lowest BCUT2D eigenvalue weighted by Gasteiger charge is -2.20. The van der Waals surface area contributed by atoms with Gasteiger partial charge < -0.3 is 19.9 Å². The molecule has 6 rings (SSSR count). The van der Waals surface area contributed by atoms with Crippen LogP contribution >= 0.6 is 0 Å². The molecule has 0 spiro atoms. The minimum atomic E-state index is -0.411. The Morgan fingerprint density at radius 3 is 2.89 bits per heavy atom. The molecular formula is C26H29N9O3. The highest BCUT2D eigenvalue weighted by atomic mass is 16.5. The van der Waals surface area contributed by atoms with Crippen molar-refractivity contribution in [1.82, 2.24) is 34.3 Å². The minimum Gasteiger partial charge on any atom is -0.372 e. The largest absolute Gasteiger partial charge is 0.372 e. The number of ether oxygens (including phenoxy) is 1. The fourth-order valence-electron chi connectivity index (χ4n) is 5.06. The summed E-state index contributed by atoms with van der Waals surface area (Å²) in [5.41, 5.74) is 4.29. The van der Waals surface area contributed by atoms with Crippen molar-refractivity contribution < 1.29 is 14.3 Å². The molecule has 2 amide bonds. The molecule has 0 saturated carbocycles. The van der Waals surface area contributed by atoms with Gasteiger partial charge in [-0.05, 0) is 51.4 Å². The zero-order chi connectivity index (χ0) is 26.2. The molecule has 196 valence electrons. The number of imidazole rings is 1. The Hall–Kier alpha value is -4.16. The first-order valence-electron chi connectivity index (χ1n) is 12.8. The summed E-state index contributed by atoms with van der Waals surface area (Å²) >= 11 is 0. The summed E-state index contributed by atoms with van der Waals surface area (Å²) in [6.45, 7) is 7.06. The fraction of sp³-hybridized carbons (Fsp3) is 0.385. The maximum absolute atomic E-state index is 13.2. The van der Waals surface area contributed by atoms with Crippen LogP contribution in [0.5, 0.6) is 0 Å². The first kappa shape index (κ1) is 24.2. The van der Waals surface area contributed by atoms with Crippen molar-refractivity contribution in [2.45, 2.75) is 45.9 Å². The van der Waals surface area contributed by atoms with Gasteiger partial charge in [-0.3, -0.25) is 19.5 Å². The summed E-state index contributed by atoms with van der Waals surface area (Å²) < 4.78 is 9.19. The molecule has 4 aromatic rings. The van der Waals surface area contributed by atoms with Crippen LogP contribution in [-0.4, -0.2) is 71.8 Å². The number of nitrogens with one attached hydrogen (secondary N) is 2. The lowest BCUT2D eigenvalue weighted by atomic mass is 10.2. The van der Waals surface area contributed by atoms with Gasteiger partial charge in [0.15, 0.2) is 5.69 Å². The second-order valence-corrected chi connectivity index (χ2v) is 9.77. The summed E-state index contributed by atoms with van der Waals surface area (Å²) in [6.07, 6.45) is 7.46. The van der Waals surface area contributed by atoms with Gasteiger partial charge in [0.05, 0.1) is 53.8 Å². The number of hydrogen-bond donors (Lipinski definition) is 2. The molecule has 1 saturated heterocycles. The number of carbonyl (C=O) groups excluding carboxylic acids is 2. The number of aromatic nitrogens is 6. The quantitative estimate of drug-likeness (QED) is 0.400. The minimum absolute atomic E-state index is 0.103. The average Bonchev–Trinajstić information content (AvgIpc) is 3.64. The fourth-order valence-corrected chi connectivity index (χ4v) is 5.06. The Morgan fingerprint density at radius 1 is 1.16 bits per heavy atom. The predicted octanol–water partition coefficient (Wildman–Crippen LogP) is 2.50. The van der Waals surface area contributed by atoms with Crippen LogP contribution in [0.15, 0.2) is 36.8 Å². The Labute approximate surface area is 219 Å². The highest BCUT2D eigenvalue weighted by Crippen LogP contribution is 2.25. The molecule has 2 N–H and O–H groups in total. The number of carbonyl (C=O) groups is 2. The summed E-state index contributed by atoms with van der Waals surface area (Å²) in [7, 11) is 0. The Kier molecular flexibility index (Phi) is 6.34. The molecule has 38 heavy (non-hydrogen) atoms. The number of anilines is 2. The number of nitrogens with zero attached hydrogens (tertiary/aromatic N) is 7. The van der Waals surface area contributed by atoms with Gasteiger partial charge in [0.1, 0.15) is 12.4 Å². The van der Waals surface area contributed by atoms with E-state index in [0.717, 1.165) is 43.0 Å². The van der Waals surface area contributed by atoms with E-state index in [0.29, 0.717) is 48.4 Å². The molecule has 2 aliphatic heterocycles. The number of rotatable bonds is 6. The molecule has 0 aromatic carbocycles. The van der Waals surface area contributed by atoms with E-state index in [1.807, 2.05) is 24.5 Å². The summed E-state index contributed by atoms with van der Waals surface area (Å²) in [5.74, 6) is 0.373. The lowest BCUT2D eigenvalue weighted by Crippen LogP contribution is -2.35. The van der Waals surface area contributed by atoms with Crippen LogP contribution in [0.3, 0.4) is 0 Å². The van der Waals surface area contributed by atoms with Crippen molar-refractivity contribution in [2.24, 2.45) is 0 Å². The van der Waals surface area contributed by atoms with Crippen molar-refractivity contribution in [2.75, 3.05) is 30.3 Å². The number of amides is 2. The van der Waals surface area contributed by atoms with E-state index in [9.17, 15) is 9.59 Å². The standard InChI is InChI=1S/C26H29N9O3/c1-16-4-3-7-33(16)14-24(36)29-19-10-20(17(2)27-11-19)30-26(37)25-21-6-5-18(13-35(21)32-31-25)22-12-28-23-15-38-9-8-34(22)23/h5-6,10-13,16H,3-4,7-9,14-15H2,1-2H3,(H,29,36)(H,30,37)/t16-/m0/s1. The van der Waals surface area contributed by atoms with Gasteiger partial charge in [-0.15, -0.1) is 5.10 Å². The molecule has 4 aromatic heterocycles. The molecule has 0 radical (unpaired) electrons. The van der Waals surface area contributed by atoms with Crippen molar-refractivity contribution in [3.63, 3.8) is 0 Å². The molecule has 1 atom stereocenters. The first-order valence-corrected chi connectivity index (χ1v) is 12.8. The van der Waals surface area contributed by atoms with Gasteiger partial charge >= 0.3 is 0 Å². The number of likely N-dealkylation sites (tertiary alicyclic amines) is 1. The van der Waals surface area contributed by atoms with Crippen LogP contribution in [0, 0.1) is 6.92 Å². The number of pyridine rings is 2. The van der Waals surface area contributed by atoms with Gasteiger partial charge in [-0.1, -0.05) is 5.21 Å². The number of fused-ring (bicyclic) bond motifs is 2. The third-order valence-corrected chi connectivity index (χ3v) is 7.21. The lowest BCUT2D eigenvalue weighted by molar-refractivity contribution is -0.117. The van der Waals surface area contributed by atoms with E-state index in [2.05, 4.69) is 47.3 Å². The van der Waals surface area contributed by atoms with Crippen molar-refractivity contribution in [3.05, 3.63) is 54.0 Å². The van der Waals surface area contributed by atoms with Crippen LogP contribution in [0.1, 0.15) is 41.8 Å². The predicted molar refractivity (Wildman–Crippen MR) is 140 cm³/mol. The monoisotopic (exact) mass is 515 g/mol. The smallest absolute Gasteiger partial charge is 0.278 e. The summed E-state index contributed by atoms with van der Waals surface area (Å²) in [5, 5.41) is 14.1. The first-order chi connectivity index (χ1) is 18.5. The van der Waals surface area contributed by atoms with Gasteiger partial charge in [0.2, 0.25) is 5.91 Å². The molecule has 1 fully saturated rings. The Balaban J connectivity index is 1.18. The topological polar surface area (TPSA) is 132 Å². The van der Waals surface area contributed by atoms with E-state index in [-0.39, 0.29) is 11.6 Å². The highest BCUT2D eigenvalue weighted by molar-refractivity contribution is 6.08. The SMILES string of the molecule is Cc1ncc(NC(=O)CN2CCC[C@@H]2C)cc1NC(=O)c1nnn2cc(-c3cnc4n3CCOC4)ccc12. The maximum atomic E-state index is 13.2. The average molecular weight is 516 g/mol. The normalized spacial score (nSPS) is 17.5. The van der Waals surface area contributed by atoms with E-state index in [4.69, 9.17) is 4.74 Å².